The van der Waals surface area contributed by atoms with Crippen molar-refractivity contribution >= 4 is 33.5 Å². The van der Waals surface area contributed by atoms with E-state index >= 15 is 0 Å². The molecule has 0 saturated heterocycles. The Morgan fingerprint density at radius 2 is 2.29 bits per heavy atom. The second-order valence-corrected chi connectivity index (χ2v) is 3.77. The van der Waals surface area contributed by atoms with E-state index < -0.39 is 5.97 Å². The van der Waals surface area contributed by atoms with Gasteiger partial charge >= 0.3 is 5.97 Å². The van der Waals surface area contributed by atoms with Crippen LogP contribution in [0, 0.1) is 0 Å². The molecule has 5 heteroatoms. The fraction of sp³-hybridized carbons (Fsp3) is 0.222. The average molecular weight is 280 g/mol. The van der Waals surface area contributed by atoms with Crippen molar-refractivity contribution in [3.8, 4) is 5.75 Å². The molecule has 0 unspecified atom stereocenters. The van der Waals surface area contributed by atoms with Gasteiger partial charge in [0.05, 0.1) is 4.47 Å². The Balaban J connectivity index is 2.72. The Hall–Kier alpha value is -0.580. The van der Waals surface area contributed by atoms with Gasteiger partial charge in [0.15, 0.2) is 0 Å². The Bertz CT molecular complexity index is 341. The van der Waals surface area contributed by atoms with Gasteiger partial charge in [0.2, 0.25) is 0 Å². The van der Waals surface area contributed by atoms with Crippen molar-refractivity contribution in [2.24, 2.45) is 0 Å². The predicted molar refractivity (Wildman–Crippen MR) is 56.7 cm³/mol. The molecule has 3 nitrogen and oxygen atoms in total. The number of hydrogen-bond acceptors (Lipinski definition) is 3. The number of hydrogen-bond donors (Lipinski definition) is 0. The first-order valence-corrected chi connectivity index (χ1v) is 4.95. The van der Waals surface area contributed by atoms with Gasteiger partial charge in [-0.2, -0.15) is 0 Å². The number of ether oxygens (including phenoxy) is 2. The summed E-state index contributed by atoms with van der Waals surface area (Å²) in [6, 6.07) is 4.90. The lowest BCUT2D eigenvalue weighted by atomic mass is 10.3. The van der Waals surface area contributed by atoms with Gasteiger partial charge in [-0.25, -0.2) is 4.79 Å². The SMILES string of the molecule is COCC(=O)Oc1ccc(Cl)cc1Br. The quantitative estimate of drug-likeness (QED) is 0.630. The zero-order valence-electron chi connectivity index (χ0n) is 7.42. The Morgan fingerprint density at radius 3 is 2.86 bits per heavy atom. The molecule has 0 aliphatic rings. The zero-order valence-corrected chi connectivity index (χ0v) is 9.76. The number of halogens is 2. The van der Waals surface area contributed by atoms with Gasteiger partial charge in [0.1, 0.15) is 12.4 Å². The molecule has 0 amide bonds. The monoisotopic (exact) mass is 278 g/mol. The maximum Gasteiger partial charge on any atom is 0.337 e. The van der Waals surface area contributed by atoms with Crippen LogP contribution < -0.4 is 4.74 Å². The number of benzene rings is 1. The molecule has 1 aromatic rings. The summed E-state index contributed by atoms with van der Waals surface area (Å²) in [5.74, 6) is -0.0213. The van der Waals surface area contributed by atoms with Crippen LogP contribution in [0.15, 0.2) is 22.7 Å². The number of esters is 1. The number of rotatable bonds is 3. The topological polar surface area (TPSA) is 35.5 Å². The summed E-state index contributed by atoms with van der Waals surface area (Å²) in [6.07, 6.45) is 0. The molecule has 0 saturated carbocycles. The number of carbonyl (C=O) groups is 1. The van der Waals surface area contributed by atoms with Gasteiger partial charge < -0.3 is 9.47 Å². The smallest absolute Gasteiger partial charge is 0.337 e. The van der Waals surface area contributed by atoms with Gasteiger partial charge in [0.25, 0.3) is 0 Å². The lowest BCUT2D eigenvalue weighted by Gasteiger charge is -2.05. The Kier molecular flexibility index (Phi) is 4.38. The molecule has 14 heavy (non-hydrogen) atoms. The standard InChI is InChI=1S/C9H8BrClO3/c1-13-5-9(12)14-8-3-2-6(11)4-7(8)10/h2-4H,5H2,1H3. The minimum Gasteiger partial charge on any atom is -0.424 e. The molecule has 0 aromatic heterocycles. The normalized spacial score (nSPS) is 9.93. The number of carbonyl (C=O) groups excluding carboxylic acids is 1. The molecule has 0 N–H and O–H groups in total. The van der Waals surface area contributed by atoms with Crippen LogP contribution in [0.25, 0.3) is 0 Å². The van der Waals surface area contributed by atoms with Crippen LogP contribution in [0.1, 0.15) is 0 Å². The third kappa shape index (κ3) is 3.29. The summed E-state index contributed by atoms with van der Waals surface area (Å²) in [4.78, 5) is 11.0. The van der Waals surface area contributed by atoms with Crippen molar-refractivity contribution in [3.63, 3.8) is 0 Å². The zero-order chi connectivity index (χ0) is 10.6. The largest absolute Gasteiger partial charge is 0.424 e. The second-order valence-electron chi connectivity index (χ2n) is 2.48. The van der Waals surface area contributed by atoms with Gasteiger partial charge in [-0.3, -0.25) is 0 Å². The van der Waals surface area contributed by atoms with E-state index in [2.05, 4.69) is 20.7 Å². The molecule has 0 atom stereocenters. The Labute approximate surface area is 95.1 Å². The Morgan fingerprint density at radius 1 is 1.57 bits per heavy atom. The van der Waals surface area contributed by atoms with Crippen molar-refractivity contribution in [3.05, 3.63) is 27.7 Å². The summed E-state index contributed by atoms with van der Waals surface area (Å²) in [6.45, 7) is -0.0743. The lowest BCUT2D eigenvalue weighted by Crippen LogP contribution is -2.14. The molecule has 0 spiro atoms. The summed E-state index contributed by atoms with van der Waals surface area (Å²) in [5.41, 5.74) is 0. The highest BCUT2D eigenvalue weighted by Crippen LogP contribution is 2.27. The lowest BCUT2D eigenvalue weighted by molar-refractivity contribution is -0.138. The number of methoxy groups -OCH3 is 1. The molecule has 0 aliphatic heterocycles. The minimum atomic E-state index is -0.449. The molecular weight excluding hydrogens is 271 g/mol. The van der Waals surface area contributed by atoms with E-state index in [1.54, 1.807) is 18.2 Å². The first-order chi connectivity index (χ1) is 6.63. The van der Waals surface area contributed by atoms with Crippen molar-refractivity contribution < 1.29 is 14.3 Å². The summed E-state index contributed by atoms with van der Waals surface area (Å²) in [5, 5.41) is 0.573. The minimum absolute atomic E-state index is 0.0743. The molecule has 0 radical (unpaired) electrons. The molecule has 0 fully saturated rings. The predicted octanol–water partition coefficient (Wildman–Crippen LogP) is 2.65. The van der Waals surface area contributed by atoms with Gasteiger partial charge in [-0.05, 0) is 34.1 Å². The van der Waals surface area contributed by atoms with E-state index in [1.165, 1.54) is 7.11 Å². The highest BCUT2D eigenvalue weighted by molar-refractivity contribution is 9.10. The highest BCUT2D eigenvalue weighted by Gasteiger charge is 2.07. The average Bonchev–Trinajstić information content (AvgIpc) is 2.10. The van der Waals surface area contributed by atoms with E-state index in [1.807, 2.05) is 0 Å². The van der Waals surface area contributed by atoms with E-state index in [0.717, 1.165) is 0 Å². The second kappa shape index (κ2) is 5.34. The van der Waals surface area contributed by atoms with Crippen molar-refractivity contribution in [1.29, 1.82) is 0 Å². The fourth-order valence-electron chi connectivity index (χ4n) is 0.828. The van der Waals surface area contributed by atoms with E-state index in [9.17, 15) is 4.79 Å². The van der Waals surface area contributed by atoms with E-state index in [-0.39, 0.29) is 6.61 Å². The summed E-state index contributed by atoms with van der Waals surface area (Å²) >= 11 is 8.94. The maximum atomic E-state index is 11.0. The van der Waals surface area contributed by atoms with Crippen LogP contribution in [0.5, 0.6) is 5.75 Å². The van der Waals surface area contributed by atoms with Crippen LogP contribution >= 0.6 is 27.5 Å². The van der Waals surface area contributed by atoms with Crippen molar-refractivity contribution in [2.45, 2.75) is 0 Å². The maximum absolute atomic E-state index is 11.0. The van der Waals surface area contributed by atoms with E-state index in [4.69, 9.17) is 16.3 Å². The molecule has 1 aromatic carbocycles. The third-order valence-electron chi connectivity index (χ3n) is 1.38. The van der Waals surface area contributed by atoms with Crippen LogP contribution in [0.3, 0.4) is 0 Å². The molecule has 0 aliphatic carbocycles. The fourth-order valence-corrected chi connectivity index (χ4v) is 1.59. The first kappa shape index (κ1) is 11.5. The molecule has 76 valence electrons. The van der Waals surface area contributed by atoms with Gasteiger partial charge in [0, 0.05) is 12.1 Å². The summed E-state index contributed by atoms with van der Waals surface area (Å²) in [7, 11) is 1.43. The molecule has 0 bridgehead atoms. The highest BCUT2D eigenvalue weighted by atomic mass is 79.9. The molecular formula is C9H8BrClO3. The summed E-state index contributed by atoms with van der Waals surface area (Å²) < 4.78 is 10.2. The van der Waals surface area contributed by atoms with Gasteiger partial charge in [-0.15, -0.1) is 0 Å². The van der Waals surface area contributed by atoms with Crippen molar-refractivity contribution in [2.75, 3.05) is 13.7 Å². The molecule has 0 heterocycles. The van der Waals surface area contributed by atoms with Crippen LogP contribution in [-0.4, -0.2) is 19.7 Å². The first-order valence-electron chi connectivity index (χ1n) is 3.78. The van der Waals surface area contributed by atoms with E-state index in [0.29, 0.717) is 15.2 Å². The van der Waals surface area contributed by atoms with Crippen LogP contribution in [0.4, 0.5) is 0 Å². The van der Waals surface area contributed by atoms with Crippen molar-refractivity contribution in [1.82, 2.24) is 0 Å². The van der Waals surface area contributed by atoms with Crippen LogP contribution in [-0.2, 0) is 9.53 Å². The third-order valence-corrected chi connectivity index (χ3v) is 2.23. The molecule has 1 rings (SSSR count). The van der Waals surface area contributed by atoms with Crippen LogP contribution in [0.2, 0.25) is 5.02 Å². The van der Waals surface area contributed by atoms with Gasteiger partial charge in [-0.1, -0.05) is 11.6 Å².